The van der Waals surface area contributed by atoms with E-state index in [-0.39, 0.29) is 15.6 Å². The molecule has 3 rings (SSSR count). The zero-order valence-electron chi connectivity index (χ0n) is 14.6. The molecular weight excluding hydrogens is 399 g/mol. The Morgan fingerprint density at radius 2 is 1.36 bits per heavy atom. The van der Waals surface area contributed by atoms with Gasteiger partial charge in [-0.25, -0.2) is 0 Å². The molecule has 0 aliphatic rings. The Hall–Kier alpha value is -3.02. The van der Waals surface area contributed by atoms with E-state index in [0.717, 1.165) is 11.3 Å². The van der Waals surface area contributed by atoms with Gasteiger partial charge in [0.2, 0.25) is 0 Å². The summed E-state index contributed by atoms with van der Waals surface area (Å²) in [6.07, 6.45) is 0. The van der Waals surface area contributed by atoms with Crippen LogP contribution < -0.4 is 15.6 Å². The highest BCUT2D eigenvalue weighted by Crippen LogP contribution is 2.23. The molecule has 0 unspecified atom stereocenters. The number of amides is 2. The Bertz CT molecular complexity index is 956. The van der Waals surface area contributed by atoms with Crippen LogP contribution in [-0.2, 0) is 6.61 Å². The molecule has 142 valence electrons. The molecule has 0 aliphatic heterocycles. The van der Waals surface area contributed by atoms with E-state index in [9.17, 15) is 9.59 Å². The summed E-state index contributed by atoms with van der Waals surface area (Å²) in [6, 6.07) is 21.0. The highest BCUT2D eigenvalue weighted by atomic mass is 35.5. The number of hydrogen-bond donors (Lipinski definition) is 2. The van der Waals surface area contributed by atoms with Crippen LogP contribution in [0.1, 0.15) is 26.3 Å². The molecule has 2 N–H and O–H groups in total. The maximum Gasteiger partial charge on any atom is 0.272 e. The van der Waals surface area contributed by atoms with Crippen molar-refractivity contribution < 1.29 is 14.3 Å². The summed E-state index contributed by atoms with van der Waals surface area (Å²) >= 11 is 12.0. The Morgan fingerprint density at radius 3 is 2.00 bits per heavy atom. The fraction of sp³-hybridized carbons (Fsp3) is 0.0476. The molecule has 0 bridgehead atoms. The minimum Gasteiger partial charge on any atom is -0.489 e. The lowest BCUT2D eigenvalue weighted by molar-refractivity contribution is 0.0847. The number of para-hydroxylation sites is 1. The van der Waals surface area contributed by atoms with Crippen LogP contribution in [0.25, 0.3) is 0 Å². The van der Waals surface area contributed by atoms with Gasteiger partial charge < -0.3 is 4.74 Å². The quantitative estimate of drug-likeness (QED) is 0.597. The van der Waals surface area contributed by atoms with Crippen molar-refractivity contribution in [3.63, 3.8) is 0 Å². The van der Waals surface area contributed by atoms with Crippen molar-refractivity contribution in [1.82, 2.24) is 10.9 Å². The number of rotatable bonds is 5. The normalized spacial score (nSPS) is 10.2. The number of halogens is 2. The summed E-state index contributed by atoms with van der Waals surface area (Å²) in [5.41, 5.74) is 6.04. The van der Waals surface area contributed by atoms with Crippen molar-refractivity contribution >= 4 is 35.0 Å². The fourth-order valence-corrected chi connectivity index (χ4v) is 2.97. The number of benzene rings is 3. The molecule has 0 saturated carbocycles. The van der Waals surface area contributed by atoms with E-state index in [2.05, 4.69) is 10.9 Å². The van der Waals surface area contributed by atoms with E-state index in [0.29, 0.717) is 12.2 Å². The van der Waals surface area contributed by atoms with Gasteiger partial charge in [-0.3, -0.25) is 20.4 Å². The van der Waals surface area contributed by atoms with Crippen LogP contribution >= 0.6 is 23.2 Å². The highest BCUT2D eigenvalue weighted by Gasteiger charge is 2.15. The van der Waals surface area contributed by atoms with E-state index >= 15 is 0 Å². The number of nitrogens with one attached hydrogen (secondary N) is 2. The van der Waals surface area contributed by atoms with Gasteiger partial charge >= 0.3 is 0 Å². The summed E-state index contributed by atoms with van der Waals surface area (Å²) in [5, 5.41) is 0.393. The first-order valence-corrected chi connectivity index (χ1v) is 9.11. The third-order valence-corrected chi connectivity index (χ3v) is 4.47. The van der Waals surface area contributed by atoms with E-state index < -0.39 is 11.8 Å². The van der Waals surface area contributed by atoms with Crippen LogP contribution in [0.3, 0.4) is 0 Å². The van der Waals surface area contributed by atoms with Crippen molar-refractivity contribution in [3.8, 4) is 5.75 Å². The van der Waals surface area contributed by atoms with Gasteiger partial charge in [0.1, 0.15) is 12.4 Å². The van der Waals surface area contributed by atoms with Gasteiger partial charge in [-0.05, 0) is 42.0 Å². The maximum atomic E-state index is 12.2. The molecule has 0 aromatic heterocycles. The Labute approximate surface area is 172 Å². The molecule has 0 atom stereocenters. The Kier molecular flexibility index (Phi) is 6.53. The van der Waals surface area contributed by atoms with Gasteiger partial charge in [0.25, 0.3) is 11.8 Å². The Morgan fingerprint density at radius 1 is 0.750 bits per heavy atom. The van der Waals surface area contributed by atoms with Gasteiger partial charge in [0, 0.05) is 5.56 Å². The molecule has 3 aromatic rings. The predicted octanol–water partition coefficient (Wildman–Crippen LogP) is 4.65. The van der Waals surface area contributed by atoms with Crippen molar-refractivity contribution in [1.29, 1.82) is 0 Å². The molecule has 0 fully saturated rings. The number of ether oxygens (including phenoxy) is 1. The summed E-state index contributed by atoms with van der Waals surface area (Å²) in [5.74, 6) is -0.297. The van der Waals surface area contributed by atoms with E-state index in [1.165, 1.54) is 0 Å². The van der Waals surface area contributed by atoms with Crippen molar-refractivity contribution in [2.75, 3.05) is 0 Å². The Balaban J connectivity index is 1.55. The van der Waals surface area contributed by atoms with E-state index in [1.54, 1.807) is 42.5 Å². The van der Waals surface area contributed by atoms with Crippen LogP contribution in [0.5, 0.6) is 5.75 Å². The maximum absolute atomic E-state index is 12.2. The van der Waals surface area contributed by atoms with Crippen LogP contribution in [-0.4, -0.2) is 11.8 Å². The summed E-state index contributed by atoms with van der Waals surface area (Å²) < 4.78 is 5.66. The predicted molar refractivity (Wildman–Crippen MR) is 109 cm³/mol. The molecule has 0 saturated heterocycles. The number of carbonyl (C=O) groups is 2. The zero-order valence-corrected chi connectivity index (χ0v) is 16.1. The van der Waals surface area contributed by atoms with E-state index in [1.807, 2.05) is 30.3 Å². The van der Waals surface area contributed by atoms with Crippen molar-refractivity contribution in [3.05, 3.63) is 99.5 Å². The highest BCUT2D eigenvalue weighted by molar-refractivity contribution is 6.39. The number of carbonyl (C=O) groups excluding carboxylic acids is 2. The molecule has 5 nitrogen and oxygen atoms in total. The topological polar surface area (TPSA) is 67.4 Å². The van der Waals surface area contributed by atoms with Crippen LogP contribution in [0.4, 0.5) is 0 Å². The second-order valence-electron chi connectivity index (χ2n) is 5.80. The summed E-state index contributed by atoms with van der Waals surface area (Å²) in [4.78, 5) is 24.4. The SMILES string of the molecule is O=C(NNC(=O)c1c(Cl)cccc1Cl)c1ccc(COc2ccccc2)cc1. The van der Waals surface area contributed by atoms with Gasteiger partial charge in [-0.2, -0.15) is 0 Å². The van der Waals surface area contributed by atoms with Gasteiger partial charge in [0.15, 0.2) is 0 Å². The molecule has 28 heavy (non-hydrogen) atoms. The zero-order chi connectivity index (χ0) is 19.9. The molecule has 2 amide bonds. The smallest absolute Gasteiger partial charge is 0.272 e. The third-order valence-electron chi connectivity index (χ3n) is 3.84. The van der Waals surface area contributed by atoms with Gasteiger partial charge in [-0.15, -0.1) is 0 Å². The fourth-order valence-electron chi connectivity index (χ4n) is 2.40. The minimum absolute atomic E-state index is 0.0968. The van der Waals surface area contributed by atoms with Crippen molar-refractivity contribution in [2.45, 2.75) is 6.61 Å². The lowest BCUT2D eigenvalue weighted by Gasteiger charge is -2.10. The number of hydrogen-bond acceptors (Lipinski definition) is 3. The second-order valence-corrected chi connectivity index (χ2v) is 6.62. The largest absolute Gasteiger partial charge is 0.489 e. The summed E-state index contributed by atoms with van der Waals surface area (Å²) in [6.45, 7) is 0.383. The molecule has 0 heterocycles. The first-order chi connectivity index (χ1) is 13.5. The monoisotopic (exact) mass is 414 g/mol. The molecule has 0 aliphatic carbocycles. The molecular formula is C21H16Cl2N2O3. The lowest BCUT2D eigenvalue weighted by Crippen LogP contribution is -2.41. The molecule has 0 radical (unpaired) electrons. The first-order valence-electron chi connectivity index (χ1n) is 8.36. The van der Waals surface area contributed by atoms with Crippen LogP contribution in [0.2, 0.25) is 10.0 Å². The summed E-state index contributed by atoms with van der Waals surface area (Å²) in [7, 11) is 0. The average molecular weight is 415 g/mol. The average Bonchev–Trinajstić information content (AvgIpc) is 2.71. The molecule has 0 spiro atoms. The first kappa shape index (κ1) is 19.7. The lowest BCUT2D eigenvalue weighted by atomic mass is 10.1. The standard InChI is InChI=1S/C21H16Cl2N2O3/c22-17-7-4-8-18(23)19(17)21(27)25-24-20(26)15-11-9-14(10-12-15)13-28-16-5-2-1-3-6-16/h1-12H,13H2,(H,24,26)(H,25,27). The van der Waals surface area contributed by atoms with E-state index in [4.69, 9.17) is 27.9 Å². The molecule has 7 heteroatoms. The van der Waals surface area contributed by atoms with Crippen LogP contribution in [0, 0.1) is 0 Å². The second kappa shape index (κ2) is 9.26. The van der Waals surface area contributed by atoms with Crippen LogP contribution in [0.15, 0.2) is 72.8 Å². The number of hydrazine groups is 1. The molecule has 3 aromatic carbocycles. The van der Waals surface area contributed by atoms with Crippen molar-refractivity contribution in [2.24, 2.45) is 0 Å². The van der Waals surface area contributed by atoms with Gasteiger partial charge in [-0.1, -0.05) is 59.6 Å². The van der Waals surface area contributed by atoms with Gasteiger partial charge in [0.05, 0.1) is 15.6 Å². The minimum atomic E-state index is -0.600. The third kappa shape index (κ3) is 5.03.